The third kappa shape index (κ3) is 4.97. The average molecular weight is 520 g/mol. The van der Waals surface area contributed by atoms with E-state index in [1.807, 2.05) is 41.3 Å². The molecule has 1 saturated carbocycles. The third-order valence-corrected chi connectivity index (χ3v) is 9.00. The van der Waals surface area contributed by atoms with E-state index in [1.165, 1.54) is 24.1 Å². The minimum Gasteiger partial charge on any atom is -0.496 e. The summed E-state index contributed by atoms with van der Waals surface area (Å²) in [7, 11) is 1.67. The molecule has 2 heterocycles. The van der Waals surface area contributed by atoms with E-state index in [0.29, 0.717) is 16.4 Å². The summed E-state index contributed by atoms with van der Waals surface area (Å²) in [5, 5.41) is 1.49. The highest BCUT2D eigenvalue weighted by molar-refractivity contribution is 7.21. The van der Waals surface area contributed by atoms with Crippen LogP contribution in [0.5, 0.6) is 5.75 Å². The van der Waals surface area contributed by atoms with Crippen LogP contribution in [-0.4, -0.2) is 33.9 Å². The molecule has 1 fully saturated rings. The average Bonchev–Trinajstić information content (AvgIpc) is 3.28. The van der Waals surface area contributed by atoms with Gasteiger partial charge in [0.2, 0.25) is 0 Å². The van der Waals surface area contributed by atoms with E-state index in [2.05, 4.69) is 23.0 Å². The molecule has 0 N–H and O–H groups in total. The Morgan fingerprint density at radius 1 is 1.08 bits per heavy atom. The lowest BCUT2D eigenvalue weighted by atomic mass is 9.83. The third-order valence-electron chi connectivity index (χ3n) is 7.34. The number of nitrogens with zero attached hydrogens (tertiary/aromatic N) is 3. The molecule has 0 saturated heterocycles. The summed E-state index contributed by atoms with van der Waals surface area (Å²) in [4.78, 5) is 25.1. The first kappa shape index (κ1) is 24.7. The van der Waals surface area contributed by atoms with Gasteiger partial charge in [-0.05, 0) is 55.4 Å². The maximum atomic E-state index is 14.1. The number of amides is 1. The zero-order valence-corrected chi connectivity index (χ0v) is 22.2. The molecule has 7 heteroatoms. The first-order valence-electron chi connectivity index (χ1n) is 12.5. The highest BCUT2D eigenvalue weighted by Crippen LogP contribution is 2.39. The lowest BCUT2D eigenvalue weighted by Gasteiger charge is -2.37. The summed E-state index contributed by atoms with van der Waals surface area (Å²) >= 11 is 8.25. The van der Waals surface area contributed by atoms with E-state index in [1.54, 1.807) is 19.5 Å². The second-order valence-corrected chi connectivity index (χ2v) is 10.8. The number of benzene rings is 2. The molecule has 5 nitrogen and oxygen atoms in total. The number of fused-ring (bicyclic) bond motifs is 1. The molecular weight excluding hydrogens is 490 g/mol. The molecule has 0 aliphatic heterocycles. The Hall–Kier alpha value is -2.96. The number of rotatable bonds is 7. The van der Waals surface area contributed by atoms with Crippen LogP contribution in [0.4, 0.5) is 0 Å². The number of hydrogen-bond donors (Lipinski definition) is 0. The predicted molar refractivity (Wildman–Crippen MR) is 147 cm³/mol. The smallest absolute Gasteiger partial charge is 0.266 e. The Balaban J connectivity index is 1.53. The quantitative estimate of drug-likeness (QED) is 0.252. The van der Waals surface area contributed by atoms with Gasteiger partial charge in [0, 0.05) is 46.2 Å². The van der Waals surface area contributed by atoms with Gasteiger partial charge in [-0.3, -0.25) is 4.79 Å². The first-order valence-corrected chi connectivity index (χ1v) is 13.7. The van der Waals surface area contributed by atoms with Gasteiger partial charge >= 0.3 is 0 Å². The fraction of sp³-hybridized carbons (Fsp3) is 0.345. The largest absolute Gasteiger partial charge is 0.496 e. The van der Waals surface area contributed by atoms with Crippen LogP contribution in [0.15, 0.2) is 61.2 Å². The number of ether oxygens (including phenoxy) is 1. The van der Waals surface area contributed by atoms with Gasteiger partial charge in [0.05, 0.1) is 12.1 Å². The summed E-state index contributed by atoms with van der Waals surface area (Å²) in [6.45, 7) is 2.71. The minimum absolute atomic E-state index is 0.00310. The SMILES string of the molecule is CC[C@H]1CC[C@H](N(Cc2cc(-c3cncnc3)ccc2OC)C(=O)c2sc3ccccc3c2Cl)CC1. The summed E-state index contributed by atoms with van der Waals surface area (Å²) in [5.41, 5.74) is 2.88. The van der Waals surface area contributed by atoms with E-state index in [0.717, 1.165) is 64.1 Å². The summed E-state index contributed by atoms with van der Waals surface area (Å²) in [6.07, 6.45) is 10.6. The van der Waals surface area contributed by atoms with Crippen molar-refractivity contribution < 1.29 is 9.53 Å². The van der Waals surface area contributed by atoms with Gasteiger partial charge in [-0.1, -0.05) is 49.2 Å². The number of methoxy groups -OCH3 is 1. The van der Waals surface area contributed by atoms with Gasteiger partial charge in [0.25, 0.3) is 5.91 Å². The van der Waals surface area contributed by atoms with Crippen molar-refractivity contribution in [2.45, 2.75) is 51.6 Å². The lowest BCUT2D eigenvalue weighted by molar-refractivity contribution is 0.0591. The maximum absolute atomic E-state index is 14.1. The topological polar surface area (TPSA) is 55.3 Å². The highest BCUT2D eigenvalue weighted by atomic mass is 35.5. The van der Waals surface area contributed by atoms with Crippen LogP contribution in [0.1, 0.15) is 54.3 Å². The standard InChI is InChI=1S/C29H30ClN3O2S/c1-3-19-8-11-23(12-9-19)33(29(34)28-27(30)24-6-4-5-7-26(24)36-28)17-21-14-20(10-13-25(21)35-2)22-15-31-18-32-16-22/h4-7,10,13-16,18-19,23H,3,8-9,11-12,17H2,1-2H3/t19-,23-. The van der Waals surface area contributed by atoms with Crippen molar-refractivity contribution in [3.05, 3.63) is 76.6 Å². The van der Waals surface area contributed by atoms with Gasteiger partial charge in [0.1, 0.15) is 17.0 Å². The van der Waals surface area contributed by atoms with Crippen molar-refractivity contribution >= 4 is 38.9 Å². The molecule has 4 aromatic rings. The van der Waals surface area contributed by atoms with Crippen LogP contribution in [0.25, 0.3) is 21.2 Å². The Bertz CT molecular complexity index is 1350. The van der Waals surface area contributed by atoms with Gasteiger partial charge in [-0.25, -0.2) is 9.97 Å². The van der Waals surface area contributed by atoms with E-state index >= 15 is 0 Å². The van der Waals surface area contributed by atoms with Gasteiger partial charge in [0.15, 0.2) is 0 Å². The molecule has 186 valence electrons. The maximum Gasteiger partial charge on any atom is 0.266 e. The van der Waals surface area contributed by atoms with Gasteiger partial charge < -0.3 is 9.64 Å². The second kappa shape index (κ2) is 11.0. The molecule has 2 aromatic carbocycles. The number of halogens is 1. The molecule has 1 amide bonds. The molecule has 5 rings (SSSR count). The monoisotopic (exact) mass is 519 g/mol. The normalized spacial score (nSPS) is 17.8. The van der Waals surface area contributed by atoms with Gasteiger partial charge in [-0.2, -0.15) is 0 Å². The molecule has 0 radical (unpaired) electrons. The van der Waals surface area contributed by atoms with Crippen LogP contribution in [0.2, 0.25) is 5.02 Å². The molecule has 0 spiro atoms. The summed E-state index contributed by atoms with van der Waals surface area (Å²) < 4.78 is 6.76. The molecule has 0 unspecified atom stereocenters. The van der Waals surface area contributed by atoms with Crippen molar-refractivity contribution in [3.63, 3.8) is 0 Å². The highest BCUT2D eigenvalue weighted by Gasteiger charge is 2.32. The molecular formula is C29H30ClN3O2S. The van der Waals surface area contributed by atoms with Crippen molar-refractivity contribution in [1.82, 2.24) is 14.9 Å². The van der Waals surface area contributed by atoms with Crippen LogP contribution >= 0.6 is 22.9 Å². The fourth-order valence-corrected chi connectivity index (χ4v) is 6.70. The van der Waals surface area contributed by atoms with Crippen LogP contribution in [0, 0.1) is 5.92 Å². The molecule has 0 atom stereocenters. The summed E-state index contributed by atoms with van der Waals surface area (Å²) in [5.74, 6) is 1.50. The Morgan fingerprint density at radius 2 is 1.83 bits per heavy atom. The van der Waals surface area contributed by atoms with Crippen molar-refractivity contribution in [3.8, 4) is 16.9 Å². The zero-order valence-electron chi connectivity index (χ0n) is 20.6. The molecule has 0 bridgehead atoms. The molecule has 2 aromatic heterocycles. The molecule has 36 heavy (non-hydrogen) atoms. The minimum atomic E-state index is -0.00310. The van der Waals surface area contributed by atoms with Crippen LogP contribution < -0.4 is 4.74 Å². The van der Waals surface area contributed by atoms with Crippen molar-refractivity contribution in [2.24, 2.45) is 5.92 Å². The Kier molecular flexibility index (Phi) is 7.54. The van der Waals surface area contributed by atoms with Crippen LogP contribution in [-0.2, 0) is 6.54 Å². The molecule has 1 aliphatic rings. The number of thiophene rings is 1. The number of hydrogen-bond acceptors (Lipinski definition) is 5. The van der Waals surface area contributed by atoms with E-state index < -0.39 is 0 Å². The van der Waals surface area contributed by atoms with Crippen molar-refractivity contribution in [2.75, 3.05) is 7.11 Å². The Labute approximate surface area is 221 Å². The van der Waals surface area contributed by atoms with E-state index in [9.17, 15) is 4.79 Å². The van der Waals surface area contributed by atoms with Crippen molar-refractivity contribution in [1.29, 1.82) is 0 Å². The lowest BCUT2D eigenvalue weighted by Crippen LogP contribution is -2.41. The summed E-state index contributed by atoms with van der Waals surface area (Å²) in [6, 6.07) is 14.2. The molecule has 1 aliphatic carbocycles. The fourth-order valence-electron chi connectivity index (χ4n) is 5.23. The van der Waals surface area contributed by atoms with E-state index in [-0.39, 0.29) is 11.9 Å². The zero-order chi connectivity index (χ0) is 25.1. The van der Waals surface area contributed by atoms with Crippen LogP contribution in [0.3, 0.4) is 0 Å². The second-order valence-electron chi connectivity index (χ2n) is 9.41. The number of aromatic nitrogens is 2. The Morgan fingerprint density at radius 3 is 2.53 bits per heavy atom. The first-order chi connectivity index (χ1) is 17.6. The predicted octanol–water partition coefficient (Wildman–Crippen LogP) is 7.63. The number of carbonyl (C=O) groups is 1. The van der Waals surface area contributed by atoms with E-state index in [4.69, 9.17) is 16.3 Å². The number of carbonyl (C=O) groups excluding carboxylic acids is 1. The van der Waals surface area contributed by atoms with Gasteiger partial charge in [-0.15, -0.1) is 11.3 Å².